The first-order valence-electron chi connectivity index (χ1n) is 5.70. The fraction of sp³-hybridized carbons (Fsp3) is 0.818. The van der Waals surface area contributed by atoms with Gasteiger partial charge in [-0.2, -0.15) is 0 Å². The van der Waals surface area contributed by atoms with Gasteiger partial charge < -0.3 is 19.9 Å². The summed E-state index contributed by atoms with van der Waals surface area (Å²) in [7, 11) is 0. The average Bonchev–Trinajstić information content (AvgIpc) is 2.27. The molecule has 0 spiro atoms. The third-order valence-electron chi connectivity index (χ3n) is 2.68. The summed E-state index contributed by atoms with van der Waals surface area (Å²) in [5.74, 6) is -1.42. The monoisotopic (exact) mass is 245 g/mol. The molecule has 0 radical (unpaired) electrons. The highest BCUT2D eigenvalue weighted by molar-refractivity contribution is 5.87. The average molecular weight is 245 g/mol. The molecule has 1 saturated heterocycles. The lowest BCUT2D eigenvalue weighted by molar-refractivity contribution is -0.153. The van der Waals surface area contributed by atoms with Crippen LogP contribution in [0, 0.1) is 0 Å². The van der Waals surface area contributed by atoms with Gasteiger partial charge in [-0.3, -0.25) is 4.79 Å². The number of ether oxygens (including phenoxy) is 2. The molecule has 98 valence electrons. The summed E-state index contributed by atoms with van der Waals surface area (Å²) < 4.78 is 10.2. The molecule has 1 aliphatic heterocycles. The van der Waals surface area contributed by atoms with E-state index in [1.165, 1.54) is 0 Å². The van der Waals surface area contributed by atoms with Crippen molar-refractivity contribution in [2.75, 3.05) is 19.8 Å². The Hall–Kier alpha value is -1.14. The molecular weight excluding hydrogens is 226 g/mol. The number of carbonyl (C=O) groups excluding carboxylic acids is 1. The van der Waals surface area contributed by atoms with Gasteiger partial charge in [-0.05, 0) is 13.8 Å². The SMILES string of the molecule is CC(C)OCC(=O)NC1(C(=O)O)CCOCC1. The number of rotatable bonds is 5. The van der Waals surface area contributed by atoms with Crippen LogP contribution in [0.25, 0.3) is 0 Å². The van der Waals surface area contributed by atoms with Crippen molar-refractivity contribution >= 4 is 11.9 Å². The standard InChI is InChI=1S/C11H19NO5/c1-8(2)17-7-9(13)12-11(10(14)15)3-5-16-6-4-11/h8H,3-7H2,1-2H3,(H,12,13)(H,14,15). The van der Waals surface area contributed by atoms with E-state index in [-0.39, 0.29) is 25.6 Å². The van der Waals surface area contributed by atoms with Crippen LogP contribution in [0.3, 0.4) is 0 Å². The van der Waals surface area contributed by atoms with Crippen molar-refractivity contribution in [1.82, 2.24) is 5.32 Å². The van der Waals surface area contributed by atoms with Gasteiger partial charge >= 0.3 is 5.97 Å². The Balaban J connectivity index is 2.54. The molecule has 0 aromatic carbocycles. The van der Waals surface area contributed by atoms with Crippen molar-refractivity contribution < 1.29 is 24.2 Å². The molecule has 0 aromatic rings. The molecule has 0 aliphatic carbocycles. The third kappa shape index (κ3) is 3.98. The van der Waals surface area contributed by atoms with E-state index in [9.17, 15) is 14.7 Å². The number of nitrogens with one attached hydrogen (secondary N) is 1. The maximum atomic E-state index is 11.6. The fourth-order valence-electron chi connectivity index (χ4n) is 1.66. The molecule has 1 aliphatic rings. The molecule has 6 nitrogen and oxygen atoms in total. The van der Waals surface area contributed by atoms with Crippen molar-refractivity contribution in [1.29, 1.82) is 0 Å². The van der Waals surface area contributed by atoms with Crippen molar-refractivity contribution in [2.24, 2.45) is 0 Å². The molecule has 1 rings (SSSR count). The van der Waals surface area contributed by atoms with Gasteiger partial charge in [0.15, 0.2) is 0 Å². The van der Waals surface area contributed by atoms with Crippen molar-refractivity contribution in [3.8, 4) is 0 Å². The maximum Gasteiger partial charge on any atom is 0.329 e. The lowest BCUT2D eigenvalue weighted by atomic mass is 9.90. The van der Waals surface area contributed by atoms with Crippen molar-refractivity contribution in [2.45, 2.75) is 38.3 Å². The summed E-state index contributed by atoms with van der Waals surface area (Å²) in [5, 5.41) is 11.7. The van der Waals surface area contributed by atoms with Gasteiger partial charge in [-0.15, -0.1) is 0 Å². The van der Waals surface area contributed by atoms with E-state index >= 15 is 0 Å². The van der Waals surface area contributed by atoms with Gasteiger partial charge in [0.25, 0.3) is 0 Å². The normalized spacial score (nSPS) is 19.0. The zero-order valence-corrected chi connectivity index (χ0v) is 10.2. The second-order valence-corrected chi connectivity index (χ2v) is 4.41. The van der Waals surface area contributed by atoms with E-state index in [0.717, 1.165) is 0 Å². The fourth-order valence-corrected chi connectivity index (χ4v) is 1.66. The predicted molar refractivity (Wildman–Crippen MR) is 59.7 cm³/mol. The largest absolute Gasteiger partial charge is 0.480 e. The zero-order chi connectivity index (χ0) is 12.9. The van der Waals surface area contributed by atoms with E-state index in [0.29, 0.717) is 13.2 Å². The second-order valence-electron chi connectivity index (χ2n) is 4.41. The Morgan fingerprint density at radius 3 is 2.47 bits per heavy atom. The van der Waals surface area contributed by atoms with Crippen molar-refractivity contribution in [3.05, 3.63) is 0 Å². The quantitative estimate of drug-likeness (QED) is 0.720. The van der Waals surface area contributed by atoms with Gasteiger partial charge in [0.05, 0.1) is 6.10 Å². The Labute approximate surface area is 100 Å². The lowest BCUT2D eigenvalue weighted by Gasteiger charge is -2.33. The minimum absolute atomic E-state index is 0.0591. The van der Waals surface area contributed by atoms with Crippen LogP contribution in [-0.2, 0) is 19.1 Å². The molecule has 1 amide bonds. The third-order valence-corrected chi connectivity index (χ3v) is 2.68. The minimum Gasteiger partial charge on any atom is -0.480 e. The number of amides is 1. The van der Waals surface area contributed by atoms with Crippen LogP contribution in [0.4, 0.5) is 0 Å². The van der Waals surface area contributed by atoms with E-state index in [4.69, 9.17) is 9.47 Å². The summed E-state index contributed by atoms with van der Waals surface area (Å²) in [6.07, 6.45) is 0.516. The molecule has 0 atom stereocenters. The van der Waals surface area contributed by atoms with Crippen LogP contribution < -0.4 is 5.32 Å². The molecule has 0 unspecified atom stereocenters. The van der Waals surface area contributed by atoms with Gasteiger partial charge in [0.2, 0.25) is 5.91 Å². The topological polar surface area (TPSA) is 84.9 Å². The molecule has 6 heteroatoms. The Bertz CT molecular complexity index is 284. The van der Waals surface area contributed by atoms with Gasteiger partial charge in [0, 0.05) is 26.1 Å². The second kappa shape index (κ2) is 5.97. The molecule has 2 N–H and O–H groups in total. The predicted octanol–water partition coefficient (Wildman–Crippen LogP) is 0.161. The Morgan fingerprint density at radius 1 is 1.41 bits per heavy atom. The first-order chi connectivity index (χ1) is 7.96. The van der Waals surface area contributed by atoms with Crippen LogP contribution in [-0.4, -0.2) is 48.4 Å². The molecule has 0 saturated carbocycles. The van der Waals surface area contributed by atoms with E-state index < -0.39 is 17.4 Å². The number of carbonyl (C=O) groups is 2. The van der Waals surface area contributed by atoms with Crippen LogP contribution in [0.5, 0.6) is 0 Å². The van der Waals surface area contributed by atoms with Crippen LogP contribution >= 0.6 is 0 Å². The summed E-state index contributed by atoms with van der Waals surface area (Å²) in [4.78, 5) is 22.8. The number of aliphatic carboxylic acids is 1. The first-order valence-corrected chi connectivity index (χ1v) is 5.70. The van der Waals surface area contributed by atoms with Crippen LogP contribution in [0.15, 0.2) is 0 Å². The molecule has 17 heavy (non-hydrogen) atoms. The molecule has 0 bridgehead atoms. The summed E-state index contributed by atoms with van der Waals surface area (Å²) in [5.41, 5.74) is -1.20. The highest BCUT2D eigenvalue weighted by Crippen LogP contribution is 2.20. The van der Waals surface area contributed by atoms with Crippen LogP contribution in [0.1, 0.15) is 26.7 Å². The highest BCUT2D eigenvalue weighted by Gasteiger charge is 2.41. The lowest BCUT2D eigenvalue weighted by Crippen LogP contribution is -2.58. The molecule has 1 heterocycles. The Kier molecular flexibility index (Phi) is 4.89. The van der Waals surface area contributed by atoms with Crippen molar-refractivity contribution in [3.63, 3.8) is 0 Å². The molecular formula is C11H19NO5. The van der Waals surface area contributed by atoms with Gasteiger partial charge in [-0.25, -0.2) is 4.79 Å². The minimum atomic E-state index is -1.20. The van der Waals surface area contributed by atoms with Gasteiger partial charge in [0.1, 0.15) is 12.1 Å². The van der Waals surface area contributed by atoms with E-state index in [1.54, 1.807) is 0 Å². The van der Waals surface area contributed by atoms with Crippen LogP contribution in [0.2, 0.25) is 0 Å². The van der Waals surface area contributed by atoms with E-state index in [2.05, 4.69) is 5.32 Å². The zero-order valence-electron chi connectivity index (χ0n) is 10.2. The number of hydrogen-bond donors (Lipinski definition) is 2. The molecule has 1 fully saturated rings. The summed E-state index contributed by atoms with van der Waals surface area (Å²) in [6, 6.07) is 0. The van der Waals surface area contributed by atoms with Gasteiger partial charge in [-0.1, -0.05) is 0 Å². The highest BCUT2D eigenvalue weighted by atomic mass is 16.5. The maximum absolute atomic E-state index is 11.6. The number of carboxylic acid groups (broad SMARTS) is 1. The molecule has 0 aromatic heterocycles. The smallest absolute Gasteiger partial charge is 0.329 e. The van der Waals surface area contributed by atoms with E-state index in [1.807, 2.05) is 13.8 Å². The summed E-state index contributed by atoms with van der Waals surface area (Å²) in [6.45, 7) is 4.20. The number of hydrogen-bond acceptors (Lipinski definition) is 4. The number of carboxylic acids is 1. The Morgan fingerprint density at radius 2 is 2.00 bits per heavy atom. The first kappa shape index (κ1) is 13.9. The summed E-state index contributed by atoms with van der Waals surface area (Å²) >= 11 is 0.